The molecule has 1 aromatic rings. The molecule has 106 valence electrons. The van der Waals surface area contributed by atoms with Crippen molar-refractivity contribution in [2.45, 2.75) is 38.6 Å². The molecule has 0 atom stereocenters. The summed E-state index contributed by atoms with van der Waals surface area (Å²) in [4.78, 5) is 0. The molecule has 19 heavy (non-hydrogen) atoms. The molecule has 0 unspecified atom stereocenters. The molecule has 3 heteroatoms. The molecule has 0 aliphatic heterocycles. The van der Waals surface area contributed by atoms with Crippen LogP contribution in [0.15, 0.2) is 24.3 Å². The molecular formula is C16H25NO2. The Hall–Kier alpha value is -1.06. The number of ether oxygens (including phenoxy) is 1. The van der Waals surface area contributed by atoms with Crippen LogP contribution in [0, 0.1) is 5.92 Å². The number of hydrogen-bond acceptors (Lipinski definition) is 3. The molecule has 1 aliphatic carbocycles. The van der Waals surface area contributed by atoms with Crippen LogP contribution in [0.2, 0.25) is 0 Å². The Morgan fingerprint density at radius 1 is 1.21 bits per heavy atom. The highest BCUT2D eigenvalue weighted by atomic mass is 16.5. The molecule has 1 aliphatic rings. The molecule has 2 N–H and O–H groups in total. The lowest BCUT2D eigenvalue weighted by molar-refractivity contribution is 0.208. The fourth-order valence-corrected chi connectivity index (χ4v) is 2.62. The van der Waals surface area contributed by atoms with E-state index in [4.69, 9.17) is 9.84 Å². The van der Waals surface area contributed by atoms with Crippen molar-refractivity contribution in [2.24, 2.45) is 5.92 Å². The highest BCUT2D eigenvalue weighted by Gasteiger charge is 2.13. The first-order chi connectivity index (χ1) is 9.38. The summed E-state index contributed by atoms with van der Waals surface area (Å²) in [5.41, 5.74) is 1.20. The monoisotopic (exact) mass is 263 g/mol. The fourth-order valence-electron chi connectivity index (χ4n) is 2.62. The molecule has 0 spiro atoms. The van der Waals surface area contributed by atoms with E-state index in [1.807, 2.05) is 12.1 Å². The molecule has 1 aromatic carbocycles. The first-order valence-corrected chi connectivity index (χ1v) is 7.42. The third-order valence-corrected chi connectivity index (χ3v) is 3.73. The van der Waals surface area contributed by atoms with Crippen LogP contribution in [0.4, 0.5) is 0 Å². The summed E-state index contributed by atoms with van der Waals surface area (Å²) in [6.07, 6.45) is 6.75. The molecule has 0 amide bonds. The van der Waals surface area contributed by atoms with E-state index >= 15 is 0 Å². The van der Waals surface area contributed by atoms with Crippen LogP contribution >= 0.6 is 0 Å². The van der Waals surface area contributed by atoms with E-state index in [9.17, 15) is 0 Å². The SMILES string of the molecule is OCCNCc1cccc(OCC2CCCCC2)c1. The summed E-state index contributed by atoms with van der Waals surface area (Å²) in [6.45, 7) is 2.44. The largest absolute Gasteiger partial charge is 0.493 e. The van der Waals surface area contributed by atoms with E-state index in [1.165, 1.54) is 37.7 Å². The van der Waals surface area contributed by atoms with Gasteiger partial charge < -0.3 is 15.2 Å². The lowest BCUT2D eigenvalue weighted by Gasteiger charge is -2.21. The second-order valence-electron chi connectivity index (χ2n) is 5.36. The van der Waals surface area contributed by atoms with Gasteiger partial charge in [-0.05, 0) is 36.5 Å². The maximum atomic E-state index is 8.74. The highest BCUT2D eigenvalue weighted by Crippen LogP contribution is 2.24. The molecular weight excluding hydrogens is 238 g/mol. The van der Waals surface area contributed by atoms with Crippen molar-refractivity contribution in [3.63, 3.8) is 0 Å². The van der Waals surface area contributed by atoms with Crippen molar-refractivity contribution in [3.05, 3.63) is 29.8 Å². The quantitative estimate of drug-likeness (QED) is 0.743. The summed E-state index contributed by atoms with van der Waals surface area (Å²) < 4.78 is 5.92. The Bertz CT molecular complexity index is 362. The van der Waals surface area contributed by atoms with Crippen LogP contribution in [0.5, 0.6) is 5.75 Å². The number of aliphatic hydroxyl groups excluding tert-OH is 1. The number of hydrogen-bond donors (Lipinski definition) is 2. The molecule has 0 radical (unpaired) electrons. The minimum atomic E-state index is 0.178. The predicted octanol–water partition coefficient (Wildman–Crippen LogP) is 2.73. The van der Waals surface area contributed by atoms with E-state index < -0.39 is 0 Å². The van der Waals surface area contributed by atoms with Crippen LogP contribution in [-0.4, -0.2) is 24.9 Å². The van der Waals surface area contributed by atoms with Crippen LogP contribution in [0.1, 0.15) is 37.7 Å². The Kier molecular flexibility index (Phi) is 6.18. The third kappa shape index (κ3) is 5.21. The van der Waals surface area contributed by atoms with Gasteiger partial charge in [-0.25, -0.2) is 0 Å². The number of nitrogens with one attached hydrogen (secondary N) is 1. The molecule has 0 bridgehead atoms. The second kappa shape index (κ2) is 8.18. The molecule has 0 heterocycles. The zero-order valence-corrected chi connectivity index (χ0v) is 11.6. The predicted molar refractivity (Wildman–Crippen MR) is 77.3 cm³/mol. The summed E-state index contributed by atoms with van der Waals surface area (Å²) in [7, 11) is 0. The minimum Gasteiger partial charge on any atom is -0.493 e. The van der Waals surface area contributed by atoms with Crippen molar-refractivity contribution < 1.29 is 9.84 Å². The lowest BCUT2D eigenvalue weighted by atomic mass is 9.90. The zero-order chi connectivity index (χ0) is 13.3. The number of benzene rings is 1. The normalized spacial score (nSPS) is 16.5. The van der Waals surface area contributed by atoms with E-state index in [-0.39, 0.29) is 6.61 Å². The summed E-state index contributed by atoms with van der Waals surface area (Å²) in [5.74, 6) is 1.71. The maximum absolute atomic E-state index is 8.74. The van der Waals surface area contributed by atoms with E-state index in [0.29, 0.717) is 6.54 Å². The average Bonchev–Trinajstić information content (AvgIpc) is 2.47. The third-order valence-electron chi connectivity index (χ3n) is 3.73. The number of rotatable bonds is 7. The van der Waals surface area contributed by atoms with Gasteiger partial charge in [0.05, 0.1) is 13.2 Å². The van der Waals surface area contributed by atoms with Crippen molar-refractivity contribution >= 4 is 0 Å². The van der Waals surface area contributed by atoms with Crippen LogP contribution < -0.4 is 10.1 Å². The molecule has 1 fully saturated rings. The van der Waals surface area contributed by atoms with Gasteiger partial charge in [0.25, 0.3) is 0 Å². The molecule has 0 saturated heterocycles. The Balaban J connectivity index is 1.77. The first kappa shape index (κ1) is 14.4. The van der Waals surface area contributed by atoms with Gasteiger partial charge in [-0.1, -0.05) is 31.4 Å². The highest BCUT2D eigenvalue weighted by molar-refractivity contribution is 5.28. The van der Waals surface area contributed by atoms with Crippen molar-refractivity contribution in [1.29, 1.82) is 0 Å². The van der Waals surface area contributed by atoms with Crippen molar-refractivity contribution in [1.82, 2.24) is 5.32 Å². The van der Waals surface area contributed by atoms with Gasteiger partial charge in [0, 0.05) is 13.1 Å². The molecule has 2 rings (SSSR count). The van der Waals surface area contributed by atoms with E-state index in [1.54, 1.807) is 0 Å². The Morgan fingerprint density at radius 2 is 2.05 bits per heavy atom. The van der Waals surface area contributed by atoms with Gasteiger partial charge in [0.15, 0.2) is 0 Å². The average molecular weight is 263 g/mol. The lowest BCUT2D eigenvalue weighted by Crippen LogP contribution is -2.17. The molecule has 3 nitrogen and oxygen atoms in total. The van der Waals surface area contributed by atoms with Crippen LogP contribution in [0.25, 0.3) is 0 Å². The topological polar surface area (TPSA) is 41.5 Å². The minimum absolute atomic E-state index is 0.178. The van der Waals surface area contributed by atoms with Crippen LogP contribution in [0.3, 0.4) is 0 Å². The summed E-state index contributed by atoms with van der Waals surface area (Å²) in [5, 5.41) is 11.9. The Morgan fingerprint density at radius 3 is 2.84 bits per heavy atom. The summed E-state index contributed by atoms with van der Waals surface area (Å²) in [6, 6.07) is 8.23. The van der Waals surface area contributed by atoms with E-state index in [0.717, 1.165) is 24.8 Å². The smallest absolute Gasteiger partial charge is 0.119 e. The fraction of sp³-hybridized carbons (Fsp3) is 0.625. The first-order valence-electron chi connectivity index (χ1n) is 7.42. The van der Waals surface area contributed by atoms with Gasteiger partial charge in [-0.15, -0.1) is 0 Å². The van der Waals surface area contributed by atoms with Crippen molar-refractivity contribution in [2.75, 3.05) is 19.8 Å². The van der Waals surface area contributed by atoms with Crippen LogP contribution in [-0.2, 0) is 6.54 Å². The van der Waals surface area contributed by atoms with Gasteiger partial charge >= 0.3 is 0 Å². The molecule has 1 saturated carbocycles. The van der Waals surface area contributed by atoms with Crippen molar-refractivity contribution in [3.8, 4) is 5.75 Å². The standard InChI is InChI=1S/C16H25NO2/c18-10-9-17-12-15-7-4-8-16(11-15)19-13-14-5-2-1-3-6-14/h4,7-8,11,14,17-18H,1-3,5-6,9-10,12-13H2. The summed E-state index contributed by atoms with van der Waals surface area (Å²) >= 11 is 0. The molecule has 0 aromatic heterocycles. The van der Waals surface area contributed by atoms with Gasteiger partial charge in [0.1, 0.15) is 5.75 Å². The van der Waals surface area contributed by atoms with Gasteiger partial charge in [-0.3, -0.25) is 0 Å². The van der Waals surface area contributed by atoms with Gasteiger partial charge in [0.2, 0.25) is 0 Å². The van der Waals surface area contributed by atoms with E-state index in [2.05, 4.69) is 17.4 Å². The second-order valence-corrected chi connectivity index (χ2v) is 5.36. The maximum Gasteiger partial charge on any atom is 0.119 e. The van der Waals surface area contributed by atoms with Gasteiger partial charge in [-0.2, -0.15) is 0 Å². The number of aliphatic hydroxyl groups is 1. The Labute approximate surface area is 116 Å². The zero-order valence-electron chi connectivity index (χ0n) is 11.6.